The van der Waals surface area contributed by atoms with Crippen molar-refractivity contribution in [3.8, 4) is 0 Å². The zero-order valence-corrected chi connectivity index (χ0v) is 10.2. The topological polar surface area (TPSA) is 145 Å². The van der Waals surface area contributed by atoms with Crippen LogP contribution in [0.2, 0.25) is 0 Å². The second kappa shape index (κ2) is 8.73. The van der Waals surface area contributed by atoms with Crippen LogP contribution in [-0.2, 0) is 14.3 Å². The fourth-order valence-corrected chi connectivity index (χ4v) is 1.17. The van der Waals surface area contributed by atoms with Crippen LogP contribution < -0.4 is 0 Å². The van der Waals surface area contributed by atoms with E-state index in [1.54, 1.807) is 0 Å². The normalized spacial score (nSPS) is 17.1. The molecule has 0 aliphatic carbocycles. The maximum absolute atomic E-state index is 11.4. The zero-order chi connectivity index (χ0) is 15.0. The van der Waals surface area contributed by atoms with Gasteiger partial charge >= 0.3 is 5.97 Å². The molecule has 0 heterocycles. The number of hydrogen-bond acceptors (Lipinski definition) is 8. The lowest BCUT2D eigenvalue weighted by atomic mass is 9.99. The predicted octanol–water partition coefficient (Wildman–Crippen LogP) is -2.89. The van der Waals surface area contributed by atoms with Gasteiger partial charge in [0, 0.05) is 12.5 Å². The van der Waals surface area contributed by atoms with Crippen LogP contribution in [0.5, 0.6) is 0 Å². The number of hydrogen-bond donors (Lipinski definition) is 5. The van der Waals surface area contributed by atoms with Crippen molar-refractivity contribution < 1.29 is 39.9 Å². The molecule has 0 aromatic heterocycles. The van der Waals surface area contributed by atoms with Crippen LogP contribution in [0, 0.1) is 0 Å². The van der Waals surface area contributed by atoms with E-state index in [0.717, 1.165) is 6.08 Å². The first kappa shape index (κ1) is 17.7. The Morgan fingerprint density at radius 1 is 1.16 bits per heavy atom. The second-order valence-corrected chi connectivity index (χ2v) is 3.76. The number of carbonyl (C=O) groups is 2. The van der Waals surface area contributed by atoms with Crippen molar-refractivity contribution in [1.29, 1.82) is 0 Å². The smallest absolute Gasteiger partial charge is 0.330 e. The molecule has 4 atom stereocenters. The van der Waals surface area contributed by atoms with Gasteiger partial charge in [0.25, 0.3) is 0 Å². The average Bonchev–Trinajstić information content (AvgIpc) is 2.43. The lowest BCUT2D eigenvalue weighted by molar-refractivity contribution is -0.149. The summed E-state index contributed by atoms with van der Waals surface area (Å²) in [5.74, 6) is -1.62. The lowest BCUT2D eigenvalue weighted by Crippen LogP contribution is -2.48. The molecule has 0 aromatic rings. The molecular formula is C11H18O8. The predicted molar refractivity (Wildman–Crippen MR) is 61.9 cm³/mol. The van der Waals surface area contributed by atoms with Crippen molar-refractivity contribution in [3.63, 3.8) is 0 Å². The molecule has 0 fully saturated rings. The third kappa shape index (κ3) is 5.90. The number of ketones is 1. The maximum atomic E-state index is 11.4. The van der Waals surface area contributed by atoms with E-state index < -0.39 is 42.8 Å². The summed E-state index contributed by atoms with van der Waals surface area (Å²) >= 11 is 0. The van der Waals surface area contributed by atoms with Crippen LogP contribution in [0.15, 0.2) is 12.7 Å². The van der Waals surface area contributed by atoms with Crippen molar-refractivity contribution in [3.05, 3.63) is 12.7 Å². The van der Waals surface area contributed by atoms with Gasteiger partial charge in [-0.3, -0.25) is 4.79 Å². The van der Waals surface area contributed by atoms with Gasteiger partial charge in [-0.2, -0.15) is 0 Å². The summed E-state index contributed by atoms with van der Waals surface area (Å²) < 4.78 is 4.50. The number of aliphatic hydroxyl groups excluding tert-OH is 5. The molecule has 0 bridgehead atoms. The number of esters is 1. The minimum absolute atomic E-state index is 0.313. The van der Waals surface area contributed by atoms with E-state index in [9.17, 15) is 24.9 Å². The first-order valence-corrected chi connectivity index (χ1v) is 5.50. The van der Waals surface area contributed by atoms with Gasteiger partial charge in [0.05, 0.1) is 13.2 Å². The number of aliphatic hydroxyl groups is 5. The number of ether oxygens (including phenoxy) is 1. The first-order valence-electron chi connectivity index (χ1n) is 5.50. The van der Waals surface area contributed by atoms with Crippen molar-refractivity contribution in [2.45, 2.75) is 30.8 Å². The van der Waals surface area contributed by atoms with E-state index in [-0.39, 0.29) is 13.0 Å². The molecule has 0 aromatic carbocycles. The highest BCUT2D eigenvalue weighted by Gasteiger charge is 2.33. The molecule has 0 spiro atoms. The zero-order valence-electron chi connectivity index (χ0n) is 10.2. The molecule has 110 valence electrons. The minimum atomic E-state index is -1.96. The van der Waals surface area contributed by atoms with Crippen LogP contribution in [0.3, 0.4) is 0 Å². The summed E-state index contributed by atoms with van der Waals surface area (Å²) in [6, 6.07) is 0. The van der Waals surface area contributed by atoms with Gasteiger partial charge in [0.15, 0.2) is 5.78 Å². The summed E-state index contributed by atoms with van der Waals surface area (Å²) in [7, 11) is 0. The van der Waals surface area contributed by atoms with Crippen LogP contribution in [-0.4, -0.2) is 74.9 Å². The summed E-state index contributed by atoms with van der Waals surface area (Å²) in [6.07, 6.45) is -6.95. The molecule has 0 radical (unpaired) electrons. The van der Waals surface area contributed by atoms with Gasteiger partial charge in [-0.25, -0.2) is 4.79 Å². The molecule has 0 saturated heterocycles. The molecular weight excluding hydrogens is 260 g/mol. The van der Waals surface area contributed by atoms with E-state index in [4.69, 9.17) is 10.2 Å². The van der Waals surface area contributed by atoms with Crippen LogP contribution in [0.1, 0.15) is 6.42 Å². The largest absolute Gasteiger partial charge is 0.462 e. The number of Topliss-reactive ketones (excluding diaryl/α,β-unsaturated/α-hetero) is 1. The third-order valence-corrected chi connectivity index (χ3v) is 2.34. The van der Waals surface area contributed by atoms with Crippen LogP contribution in [0.25, 0.3) is 0 Å². The fraction of sp³-hybridized carbons (Fsp3) is 0.636. The average molecular weight is 278 g/mol. The Hall–Kier alpha value is -1.32. The second-order valence-electron chi connectivity index (χ2n) is 3.76. The van der Waals surface area contributed by atoms with Gasteiger partial charge in [-0.15, -0.1) is 0 Å². The van der Waals surface area contributed by atoms with Crippen molar-refractivity contribution >= 4 is 11.8 Å². The number of rotatable bonds is 9. The highest BCUT2D eigenvalue weighted by Crippen LogP contribution is 2.07. The molecule has 0 aliphatic heterocycles. The lowest BCUT2D eigenvalue weighted by Gasteiger charge is -2.24. The molecule has 8 heteroatoms. The molecule has 19 heavy (non-hydrogen) atoms. The Kier molecular flexibility index (Phi) is 8.12. The molecule has 0 saturated carbocycles. The van der Waals surface area contributed by atoms with E-state index in [2.05, 4.69) is 11.3 Å². The summed E-state index contributed by atoms with van der Waals surface area (Å²) in [5.41, 5.74) is 0. The monoisotopic (exact) mass is 278 g/mol. The Labute approximate surface area is 109 Å². The van der Waals surface area contributed by atoms with Gasteiger partial charge in [-0.1, -0.05) is 6.58 Å². The molecule has 0 aliphatic rings. The molecule has 0 rings (SSSR count). The Balaban J connectivity index is 4.24. The van der Waals surface area contributed by atoms with Crippen molar-refractivity contribution in [2.24, 2.45) is 0 Å². The van der Waals surface area contributed by atoms with E-state index in [0.29, 0.717) is 0 Å². The van der Waals surface area contributed by atoms with E-state index in [1.165, 1.54) is 0 Å². The Bertz CT molecular complexity index is 316. The van der Waals surface area contributed by atoms with Crippen molar-refractivity contribution in [2.75, 3.05) is 13.2 Å². The van der Waals surface area contributed by atoms with Gasteiger partial charge in [0.2, 0.25) is 0 Å². The molecule has 5 N–H and O–H groups in total. The van der Waals surface area contributed by atoms with E-state index >= 15 is 0 Å². The van der Waals surface area contributed by atoms with Gasteiger partial charge in [0.1, 0.15) is 24.4 Å². The van der Waals surface area contributed by atoms with Gasteiger partial charge in [-0.05, 0) is 0 Å². The fourth-order valence-electron chi connectivity index (χ4n) is 1.17. The minimum Gasteiger partial charge on any atom is -0.462 e. The molecule has 0 unspecified atom stereocenters. The quantitative estimate of drug-likeness (QED) is 0.223. The Morgan fingerprint density at radius 2 is 1.74 bits per heavy atom. The van der Waals surface area contributed by atoms with Crippen LogP contribution >= 0.6 is 0 Å². The van der Waals surface area contributed by atoms with Gasteiger partial charge < -0.3 is 30.3 Å². The summed E-state index contributed by atoms with van der Waals surface area (Å²) in [5, 5.41) is 45.7. The summed E-state index contributed by atoms with van der Waals surface area (Å²) in [4.78, 5) is 22.1. The first-order chi connectivity index (χ1) is 8.84. The highest BCUT2D eigenvalue weighted by molar-refractivity contribution is 5.84. The number of carbonyl (C=O) groups excluding carboxylic acids is 2. The standard InChI is InChI=1S/C11H18O8/c1-2-8(15)19-4-3-6(13)9(16)11(18)10(17)7(14)5-12/h2,7,9-12,14,16-18H,1,3-5H2/t7-,9+,10-,11-/m1/s1. The molecule has 0 amide bonds. The van der Waals surface area contributed by atoms with Crippen LogP contribution in [0.4, 0.5) is 0 Å². The molecule has 8 nitrogen and oxygen atoms in total. The Morgan fingerprint density at radius 3 is 2.21 bits per heavy atom. The summed E-state index contributed by atoms with van der Waals surface area (Å²) in [6.45, 7) is 1.99. The van der Waals surface area contributed by atoms with E-state index in [1.807, 2.05) is 0 Å². The SMILES string of the molecule is C=CC(=O)OCCC(=O)[C@H](O)[C@@H](O)[C@H](O)[C@H](O)CO. The van der Waals surface area contributed by atoms with Crippen molar-refractivity contribution in [1.82, 2.24) is 0 Å². The maximum Gasteiger partial charge on any atom is 0.330 e. The third-order valence-electron chi connectivity index (χ3n) is 2.34. The highest BCUT2D eigenvalue weighted by atomic mass is 16.5.